The number of aromatic nitrogens is 1. The van der Waals surface area contributed by atoms with Gasteiger partial charge in [-0.25, -0.2) is 4.98 Å². The molecule has 2 heterocycles. The van der Waals surface area contributed by atoms with Gasteiger partial charge in [-0.15, -0.1) is 11.8 Å². The second-order valence-corrected chi connectivity index (χ2v) is 9.08. The van der Waals surface area contributed by atoms with Gasteiger partial charge in [0.05, 0.1) is 22.4 Å². The number of fused-ring (bicyclic) bond motifs is 1. The first kappa shape index (κ1) is 20.0. The molecule has 0 atom stereocenters. The summed E-state index contributed by atoms with van der Waals surface area (Å²) in [5.41, 5.74) is 1.81. The Hall–Kier alpha value is -2.25. The number of thiazole rings is 1. The van der Waals surface area contributed by atoms with Gasteiger partial charge in [0.2, 0.25) is 0 Å². The van der Waals surface area contributed by atoms with E-state index in [1.807, 2.05) is 48.2 Å². The molecule has 0 saturated carbocycles. The number of benzene rings is 2. The summed E-state index contributed by atoms with van der Waals surface area (Å²) >= 11 is 3.41. The second kappa shape index (κ2) is 9.05. The van der Waals surface area contributed by atoms with Crippen LogP contribution in [0.1, 0.15) is 24.2 Å². The molecule has 0 radical (unpaired) electrons. The van der Waals surface area contributed by atoms with Gasteiger partial charge in [0.1, 0.15) is 5.75 Å². The van der Waals surface area contributed by atoms with E-state index in [1.54, 1.807) is 23.1 Å². The van der Waals surface area contributed by atoms with Crippen LogP contribution in [0.15, 0.2) is 47.4 Å². The van der Waals surface area contributed by atoms with E-state index in [2.05, 4.69) is 17.9 Å². The van der Waals surface area contributed by atoms with E-state index < -0.39 is 0 Å². The van der Waals surface area contributed by atoms with Crippen LogP contribution >= 0.6 is 23.1 Å². The van der Waals surface area contributed by atoms with Gasteiger partial charge in [-0.3, -0.25) is 4.79 Å². The molecule has 152 valence electrons. The Bertz CT molecular complexity index is 997. The molecule has 0 spiro atoms. The lowest BCUT2D eigenvalue weighted by Gasteiger charge is -2.34. The predicted octanol–water partition coefficient (Wildman–Crippen LogP) is 4.77. The van der Waals surface area contributed by atoms with Crippen molar-refractivity contribution in [2.24, 2.45) is 0 Å². The van der Waals surface area contributed by atoms with Gasteiger partial charge in [-0.2, -0.15) is 0 Å². The van der Waals surface area contributed by atoms with Crippen LogP contribution in [-0.4, -0.2) is 54.3 Å². The molecule has 0 aliphatic carbocycles. The predicted molar refractivity (Wildman–Crippen MR) is 122 cm³/mol. The molecule has 2 aromatic carbocycles. The molecular formula is C22H25N3O2S2. The van der Waals surface area contributed by atoms with Crippen molar-refractivity contribution in [3.8, 4) is 5.75 Å². The summed E-state index contributed by atoms with van der Waals surface area (Å²) in [6.07, 6.45) is 0. The fraction of sp³-hybridized carbons (Fsp3) is 0.364. The summed E-state index contributed by atoms with van der Waals surface area (Å²) in [4.78, 5) is 23.1. The number of hydrogen-bond donors (Lipinski definition) is 0. The zero-order valence-electron chi connectivity index (χ0n) is 16.8. The Morgan fingerprint density at radius 2 is 1.93 bits per heavy atom. The zero-order chi connectivity index (χ0) is 20.2. The van der Waals surface area contributed by atoms with Crippen molar-refractivity contribution in [3.63, 3.8) is 0 Å². The summed E-state index contributed by atoms with van der Waals surface area (Å²) < 4.78 is 6.73. The van der Waals surface area contributed by atoms with E-state index in [0.29, 0.717) is 19.7 Å². The Kier molecular flexibility index (Phi) is 6.25. The molecule has 3 aromatic rings. The Labute approximate surface area is 179 Å². The SMILES string of the molecule is CCOc1ccc2nc(N3CCN(C(=O)c4ccccc4SCC)CC3)sc2c1. The van der Waals surface area contributed by atoms with Gasteiger partial charge in [-0.1, -0.05) is 30.4 Å². The molecule has 5 nitrogen and oxygen atoms in total. The summed E-state index contributed by atoms with van der Waals surface area (Å²) in [7, 11) is 0. The molecule has 7 heteroatoms. The summed E-state index contributed by atoms with van der Waals surface area (Å²) in [6.45, 7) is 7.78. The Balaban J connectivity index is 1.44. The monoisotopic (exact) mass is 427 g/mol. The van der Waals surface area contributed by atoms with Crippen LogP contribution in [0.25, 0.3) is 10.2 Å². The average molecular weight is 428 g/mol. The van der Waals surface area contributed by atoms with Gasteiger partial charge in [-0.05, 0) is 43.0 Å². The number of ether oxygens (including phenoxy) is 1. The number of anilines is 1. The minimum absolute atomic E-state index is 0.131. The van der Waals surface area contributed by atoms with Gasteiger partial charge < -0.3 is 14.5 Å². The standard InChI is InChI=1S/C22H25N3O2S2/c1-3-27-16-9-10-18-20(15-16)29-22(23-18)25-13-11-24(12-14-25)21(26)17-7-5-6-8-19(17)28-4-2/h5-10,15H,3-4,11-14H2,1-2H3. The highest BCUT2D eigenvalue weighted by Gasteiger charge is 2.25. The molecule has 29 heavy (non-hydrogen) atoms. The first-order valence-electron chi connectivity index (χ1n) is 9.99. The molecular weight excluding hydrogens is 402 g/mol. The average Bonchev–Trinajstić information content (AvgIpc) is 3.18. The van der Waals surface area contributed by atoms with Crippen LogP contribution in [-0.2, 0) is 0 Å². The fourth-order valence-corrected chi connectivity index (χ4v) is 5.32. The van der Waals surface area contributed by atoms with E-state index >= 15 is 0 Å². The summed E-state index contributed by atoms with van der Waals surface area (Å²) in [5, 5.41) is 1.02. The fourth-order valence-electron chi connectivity index (χ4n) is 3.48. The molecule has 1 aromatic heterocycles. The number of piperazine rings is 1. The Morgan fingerprint density at radius 3 is 2.69 bits per heavy atom. The number of carbonyl (C=O) groups is 1. The number of rotatable bonds is 6. The minimum atomic E-state index is 0.131. The van der Waals surface area contributed by atoms with Crippen molar-refractivity contribution >= 4 is 44.4 Å². The lowest BCUT2D eigenvalue weighted by atomic mass is 10.2. The van der Waals surface area contributed by atoms with Gasteiger partial charge in [0.25, 0.3) is 5.91 Å². The van der Waals surface area contributed by atoms with Crippen LogP contribution in [0.5, 0.6) is 5.75 Å². The highest BCUT2D eigenvalue weighted by Crippen LogP contribution is 2.32. The normalized spacial score (nSPS) is 14.4. The maximum absolute atomic E-state index is 13.0. The number of thioether (sulfide) groups is 1. The van der Waals surface area contributed by atoms with Crippen LogP contribution < -0.4 is 9.64 Å². The second-order valence-electron chi connectivity index (χ2n) is 6.77. The van der Waals surface area contributed by atoms with E-state index in [0.717, 1.165) is 50.4 Å². The molecule has 1 aliphatic rings. The highest BCUT2D eigenvalue weighted by atomic mass is 32.2. The van der Waals surface area contributed by atoms with Crippen LogP contribution in [0.3, 0.4) is 0 Å². The molecule has 0 unspecified atom stereocenters. The van der Waals surface area contributed by atoms with Crippen molar-refractivity contribution in [1.29, 1.82) is 0 Å². The zero-order valence-corrected chi connectivity index (χ0v) is 18.4. The van der Waals surface area contributed by atoms with Crippen molar-refractivity contribution in [3.05, 3.63) is 48.0 Å². The third kappa shape index (κ3) is 4.36. The molecule has 0 N–H and O–H groups in total. The Morgan fingerprint density at radius 1 is 1.14 bits per heavy atom. The van der Waals surface area contributed by atoms with Crippen LogP contribution in [0.4, 0.5) is 5.13 Å². The van der Waals surface area contributed by atoms with Gasteiger partial charge in [0, 0.05) is 31.1 Å². The van der Waals surface area contributed by atoms with E-state index in [9.17, 15) is 4.79 Å². The molecule has 0 bridgehead atoms. The van der Waals surface area contributed by atoms with Crippen molar-refractivity contribution < 1.29 is 9.53 Å². The van der Waals surface area contributed by atoms with Crippen LogP contribution in [0.2, 0.25) is 0 Å². The van der Waals surface area contributed by atoms with Crippen LogP contribution in [0, 0.1) is 0 Å². The third-order valence-electron chi connectivity index (χ3n) is 4.91. The van der Waals surface area contributed by atoms with E-state index in [-0.39, 0.29) is 5.91 Å². The largest absolute Gasteiger partial charge is 0.494 e. The first-order chi connectivity index (χ1) is 14.2. The molecule has 1 fully saturated rings. The highest BCUT2D eigenvalue weighted by molar-refractivity contribution is 7.99. The molecule has 1 amide bonds. The van der Waals surface area contributed by atoms with Gasteiger partial charge >= 0.3 is 0 Å². The summed E-state index contributed by atoms with van der Waals surface area (Å²) in [6, 6.07) is 14.0. The van der Waals surface area contributed by atoms with Crippen molar-refractivity contribution in [2.75, 3.05) is 43.4 Å². The first-order valence-corrected chi connectivity index (χ1v) is 11.8. The number of hydrogen-bond acceptors (Lipinski definition) is 6. The smallest absolute Gasteiger partial charge is 0.255 e. The lowest BCUT2D eigenvalue weighted by Crippen LogP contribution is -2.48. The molecule has 1 saturated heterocycles. The number of nitrogens with zero attached hydrogens (tertiary/aromatic N) is 3. The van der Waals surface area contributed by atoms with E-state index in [1.165, 1.54) is 0 Å². The lowest BCUT2D eigenvalue weighted by molar-refractivity contribution is 0.0743. The number of carbonyl (C=O) groups excluding carboxylic acids is 1. The summed E-state index contributed by atoms with van der Waals surface area (Å²) in [5.74, 6) is 1.97. The topological polar surface area (TPSA) is 45.7 Å². The van der Waals surface area contributed by atoms with E-state index in [4.69, 9.17) is 9.72 Å². The quantitative estimate of drug-likeness (QED) is 0.530. The minimum Gasteiger partial charge on any atom is -0.494 e. The third-order valence-corrected chi connectivity index (χ3v) is 6.95. The van der Waals surface area contributed by atoms with Gasteiger partial charge in [0.15, 0.2) is 5.13 Å². The maximum Gasteiger partial charge on any atom is 0.255 e. The van der Waals surface area contributed by atoms with Crippen molar-refractivity contribution in [2.45, 2.75) is 18.7 Å². The van der Waals surface area contributed by atoms with Crippen molar-refractivity contribution in [1.82, 2.24) is 9.88 Å². The molecule has 1 aliphatic heterocycles. The molecule has 4 rings (SSSR count). The maximum atomic E-state index is 13.0. The number of amides is 1.